The zero-order chi connectivity index (χ0) is 16.0. The van der Waals surface area contributed by atoms with Gasteiger partial charge < -0.3 is 13.7 Å². The van der Waals surface area contributed by atoms with Crippen molar-refractivity contribution < 1.29 is 0 Å². The summed E-state index contributed by atoms with van der Waals surface area (Å²) in [6.07, 6.45) is 11.3. The third kappa shape index (κ3) is 2.25. The summed E-state index contributed by atoms with van der Waals surface area (Å²) in [5.74, 6) is 0. The molecule has 3 heterocycles. The van der Waals surface area contributed by atoms with Crippen LogP contribution < -0.4 is 0 Å². The molecule has 0 unspecified atom stereocenters. The molecule has 0 fully saturated rings. The molecular formula is C13H16N6S3. The summed E-state index contributed by atoms with van der Waals surface area (Å²) in [5.41, 5.74) is 0. The van der Waals surface area contributed by atoms with Crippen LogP contribution in [0.5, 0.6) is 0 Å². The second-order valence-electron chi connectivity index (χ2n) is 5.14. The summed E-state index contributed by atoms with van der Waals surface area (Å²) in [4.78, 5) is 0. The van der Waals surface area contributed by atoms with Gasteiger partial charge >= 0.3 is 0 Å². The number of aromatic nitrogens is 6. The first-order valence-electron chi connectivity index (χ1n) is 6.62. The van der Waals surface area contributed by atoms with Crippen LogP contribution in [0.25, 0.3) is 0 Å². The quantitative estimate of drug-likeness (QED) is 0.679. The average molecular weight is 353 g/mol. The standard InChI is InChI=1S/C13H16N6S3/c1-14-4-7-17(11(14)20)10(18-8-5-15(2)12(18)21)19-9-6-16(3)13(19)22/h4-10H,1-3H3. The molecule has 0 saturated heterocycles. The van der Waals surface area contributed by atoms with Crippen LogP contribution in [-0.4, -0.2) is 27.4 Å². The Morgan fingerprint density at radius 2 is 0.864 bits per heavy atom. The maximum atomic E-state index is 5.52. The largest absolute Gasteiger partial charge is 0.327 e. The van der Waals surface area contributed by atoms with Crippen molar-refractivity contribution >= 4 is 36.7 Å². The second-order valence-corrected chi connectivity index (χ2v) is 6.24. The maximum Gasteiger partial charge on any atom is 0.198 e. The minimum Gasteiger partial charge on any atom is -0.327 e. The smallest absolute Gasteiger partial charge is 0.198 e. The summed E-state index contributed by atoms with van der Waals surface area (Å²) in [6.45, 7) is 0. The third-order valence-corrected chi connectivity index (χ3v) is 5.16. The van der Waals surface area contributed by atoms with Gasteiger partial charge in [-0.2, -0.15) is 0 Å². The van der Waals surface area contributed by atoms with E-state index in [2.05, 4.69) is 0 Å². The van der Waals surface area contributed by atoms with Gasteiger partial charge in [0.15, 0.2) is 20.6 Å². The van der Waals surface area contributed by atoms with E-state index >= 15 is 0 Å². The Morgan fingerprint density at radius 1 is 0.591 bits per heavy atom. The Balaban J connectivity index is 2.33. The van der Waals surface area contributed by atoms with Crippen molar-refractivity contribution in [3.63, 3.8) is 0 Å². The minimum atomic E-state index is -0.268. The van der Waals surface area contributed by atoms with Crippen molar-refractivity contribution in [2.45, 2.75) is 6.29 Å². The summed E-state index contributed by atoms with van der Waals surface area (Å²) in [6, 6.07) is 0. The average Bonchev–Trinajstić information content (AvgIpc) is 3.10. The lowest BCUT2D eigenvalue weighted by Gasteiger charge is -2.22. The summed E-state index contributed by atoms with van der Waals surface area (Å²) < 4.78 is 13.7. The topological polar surface area (TPSA) is 29.6 Å². The van der Waals surface area contributed by atoms with Crippen LogP contribution in [0, 0.1) is 14.3 Å². The highest BCUT2D eigenvalue weighted by Crippen LogP contribution is 2.17. The van der Waals surface area contributed by atoms with E-state index in [9.17, 15) is 0 Å². The molecule has 3 rings (SSSR count). The molecule has 0 aliphatic carbocycles. The number of hydrogen-bond acceptors (Lipinski definition) is 3. The van der Waals surface area contributed by atoms with E-state index < -0.39 is 0 Å². The SMILES string of the molecule is Cn1ccn(C(n2ccn(C)c2=S)n2ccn(C)c2=S)c1=S. The van der Waals surface area contributed by atoms with Gasteiger partial charge in [-0.15, -0.1) is 0 Å². The monoisotopic (exact) mass is 352 g/mol. The van der Waals surface area contributed by atoms with Gasteiger partial charge in [-0.1, -0.05) is 0 Å². The Kier molecular flexibility index (Phi) is 3.79. The highest BCUT2D eigenvalue weighted by atomic mass is 32.1. The zero-order valence-corrected chi connectivity index (χ0v) is 14.9. The van der Waals surface area contributed by atoms with E-state index in [1.165, 1.54) is 0 Å². The number of hydrogen-bond donors (Lipinski definition) is 0. The molecule has 0 N–H and O–H groups in total. The van der Waals surface area contributed by atoms with Crippen LogP contribution >= 0.6 is 36.7 Å². The molecule has 0 bridgehead atoms. The molecule has 22 heavy (non-hydrogen) atoms. The normalized spacial score (nSPS) is 11.5. The van der Waals surface area contributed by atoms with E-state index in [1.54, 1.807) is 0 Å². The van der Waals surface area contributed by atoms with Gasteiger partial charge in [-0.05, 0) is 36.7 Å². The number of nitrogens with zero attached hydrogens (tertiary/aromatic N) is 6. The van der Waals surface area contributed by atoms with Gasteiger partial charge in [0.2, 0.25) is 0 Å². The fourth-order valence-corrected chi connectivity index (χ4v) is 3.02. The van der Waals surface area contributed by atoms with E-state index in [1.807, 2.05) is 85.7 Å². The van der Waals surface area contributed by atoms with Crippen molar-refractivity contribution in [2.75, 3.05) is 0 Å². The molecule has 6 nitrogen and oxygen atoms in total. The molecular weight excluding hydrogens is 336 g/mol. The van der Waals surface area contributed by atoms with E-state index in [0.717, 1.165) is 0 Å². The van der Waals surface area contributed by atoms with Gasteiger partial charge in [-0.25, -0.2) is 0 Å². The molecule has 0 aliphatic heterocycles. The summed E-state index contributed by atoms with van der Waals surface area (Å²) in [7, 11) is 5.76. The van der Waals surface area contributed by atoms with Crippen molar-refractivity contribution in [3.8, 4) is 0 Å². The highest BCUT2D eigenvalue weighted by molar-refractivity contribution is 7.71. The van der Waals surface area contributed by atoms with Gasteiger partial charge in [-0.3, -0.25) is 13.7 Å². The van der Waals surface area contributed by atoms with Crippen LogP contribution in [0.4, 0.5) is 0 Å². The summed E-state index contributed by atoms with van der Waals surface area (Å²) in [5, 5.41) is 0. The van der Waals surface area contributed by atoms with Gasteiger partial charge in [0.05, 0.1) is 0 Å². The molecule has 3 aromatic rings. The predicted octanol–water partition coefficient (Wildman–Crippen LogP) is 2.85. The van der Waals surface area contributed by atoms with E-state index in [0.29, 0.717) is 14.3 Å². The lowest BCUT2D eigenvalue weighted by molar-refractivity contribution is 0.351. The maximum absolute atomic E-state index is 5.52. The van der Waals surface area contributed by atoms with Crippen molar-refractivity contribution in [1.29, 1.82) is 0 Å². The Morgan fingerprint density at radius 3 is 1.05 bits per heavy atom. The van der Waals surface area contributed by atoms with Crippen LogP contribution in [0.1, 0.15) is 6.29 Å². The third-order valence-electron chi connectivity index (χ3n) is 3.67. The fourth-order valence-electron chi connectivity index (χ4n) is 2.37. The second kappa shape index (κ2) is 5.49. The van der Waals surface area contributed by atoms with Crippen LogP contribution in [0.2, 0.25) is 0 Å². The van der Waals surface area contributed by atoms with Gasteiger partial charge in [0.25, 0.3) is 0 Å². The van der Waals surface area contributed by atoms with Crippen LogP contribution in [-0.2, 0) is 21.1 Å². The Bertz CT molecular complexity index is 863. The van der Waals surface area contributed by atoms with Crippen molar-refractivity contribution in [1.82, 2.24) is 27.4 Å². The molecule has 9 heteroatoms. The van der Waals surface area contributed by atoms with Crippen LogP contribution in [0.3, 0.4) is 0 Å². The predicted molar refractivity (Wildman–Crippen MR) is 92.5 cm³/mol. The first-order valence-corrected chi connectivity index (χ1v) is 7.84. The molecule has 0 aliphatic rings. The molecule has 0 amide bonds. The molecule has 0 aromatic carbocycles. The first kappa shape index (κ1) is 15.2. The number of rotatable bonds is 3. The van der Waals surface area contributed by atoms with E-state index in [-0.39, 0.29) is 6.29 Å². The number of aryl methyl sites for hydroxylation is 3. The first-order chi connectivity index (χ1) is 10.4. The van der Waals surface area contributed by atoms with Gasteiger partial charge in [0.1, 0.15) is 0 Å². The van der Waals surface area contributed by atoms with E-state index in [4.69, 9.17) is 36.7 Å². The molecule has 0 spiro atoms. The lowest BCUT2D eigenvalue weighted by Crippen LogP contribution is -2.25. The fraction of sp³-hybridized carbons (Fsp3) is 0.308. The highest BCUT2D eigenvalue weighted by Gasteiger charge is 2.19. The number of imidazole rings is 3. The Hall–Kier alpha value is -1.71. The molecule has 3 aromatic heterocycles. The molecule has 0 saturated carbocycles. The molecule has 116 valence electrons. The zero-order valence-electron chi connectivity index (χ0n) is 12.4. The minimum absolute atomic E-state index is 0.268. The van der Waals surface area contributed by atoms with Crippen molar-refractivity contribution in [2.24, 2.45) is 21.1 Å². The summed E-state index contributed by atoms with van der Waals surface area (Å²) >= 11 is 16.6. The van der Waals surface area contributed by atoms with Gasteiger partial charge in [0, 0.05) is 58.3 Å². The van der Waals surface area contributed by atoms with Crippen LogP contribution in [0.15, 0.2) is 37.2 Å². The lowest BCUT2D eigenvalue weighted by atomic mass is 10.6. The molecule has 0 atom stereocenters. The Labute approximate surface area is 143 Å². The van der Waals surface area contributed by atoms with Crippen molar-refractivity contribution in [3.05, 3.63) is 51.5 Å². The molecule has 0 radical (unpaired) electrons.